The van der Waals surface area contributed by atoms with E-state index < -0.39 is 12.0 Å². The smallest absolute Gasteiger partial charge is 0.338 e. The number of furan rings is 1. The van der Waals surface area contributed by atoms with Crippen LogP contribution in [0.25, 0.3) is 6.08 Å². The summed E-state index contributed by atoms with van der Waals surface area (Å²) in [6, 6.07) is 11.1. The molecule has 1 aromatic carbocycles. The molecule has 2 aliphatic rings. The topological polar surface area (TPSA) is 77.0 Å². The number of thiazole rings is 1. The molecule has 8 heteroatoms. The first-order chi connectivity index (χ1) is 17.0. The minimum Gasteiger partial charge on any atom is -0.463 e. The van der Waals surface area contributed by atoms with Crippen LogP contribution in [-0.4, -0.2) is 30.2 Å². The number of aromatic nitrogens is 1. The highest BCUT2D eigenvalue weighted by Crippen LogP contribution is 2.31. The quantitative estimate of drug-likeness (QED) is 0.509. The first kappa shape index (κ1) is 23.4. The highest BCUT2D eigenvalue weighted by atomic mass is 32.1. The van der Waals surface area contributed by atoms with E-state index in [9.17, 15) is 9.59 Å². The van der Waals surface area contributed by atoms with E-state index >= 15 is 0 Å². The lowest BCUT2D eigenvalue weighted by Gasteiger charge is -2.25. The molecule has 0 spiro atoms. The number of piperidine rings is 1. The number of hydrogen-bond donors (Lipinski definition) is 0. The molecule has 0 saturated carbocycles. The van der Waals surface area contributed by atoms with Gasteiger partial charge in [-0.2, -0.15) is 0 Å². The second-order valence-electron chi connectivity index (χ2n) is 8.94. The van der Waals surface area contributed by atoms with Crippen LogP contribution in [0.2, 0.25) is 0 Å². The van der Waals surface area contributed by atoms with Crippen LogP contribution in [-0.2, 0) is 9.53 Å². The summed E-state index contributed by atoms with van der Waals surface area (Å²) in [6.07, 6.45) is 5.35. The van der Waals surface area contributed by atoms with Crippen molar-refractivity contribution in [3.05, 3.63) is 84.2 Å². The third kappa shape index (κ3) is 4.50. The first-order valence-corrected chi connectivity index (χ1v) is 12.9. The Kier molecular flexibility index (Phi) is 6.47. The number of aryl methyl sites for hydroxylation is 1. The lowest BCUT2D eigenvalue weighted by atomic mass is 9.95. The molecule has 2 aliphatic heterocycles. The maximum atomic E-state index is 13.7. The second-order valence-corrected chi connectivity index (χ2v) is 9.95. The van der Waals surface area contributed by atoms with E-state index in [1.165, 1.54) is 17.8 Å². The Balaban J connectivity index is 1.60. The van der Waals surface area contributed by atoms with Crippen molar-refractivity contribution in [1.82, 2.24) is 4.57 Å². The average molecular weight is 492 g/mol. The van der Waals surface area contributed by atoms with Crippen molar-refractivity contribution in [3.63, 3.8) is 0 Å². The van der Waals surface area contributed by atoms with Gasteiger partial charge < -0.3 is 14.1 Å². The highest BCUT2D eigenvalue weighted by Gasteiger charge is 2.33. The minimum absolute atomic E-state index is 0.204. The van der Waals surface area contributed by atoms with Gasteiger partial charge in [-0.25, -0.2) is 9.79 Å². The molecule has 35 heavy (non-hydrogen) atoms. The maximum Gasteiger partial charge on any atom is 0.338 e. The molecule has 1 fully saturated rings. The summed E-state index contributed by atoms with van der Waals surface area (Å²) in [5.41, 5.74) is 2.68. The summed E-state index contributed by atoms with van der Waals surface area (Å²) >= 11 is 1.30. The van der Waals surface area contributed by atoms with Gasteiger partial charge in [0.15, 0.2) is 10.7 Å². The Hall–Kier alpha value is -3.39. The highest BCUT2D eigenvalue weighted by molar-refractivity contribution is 7.07. The molecular weight excluding hydrogens is 462 g/mol. The molecule has 4 heterocycles. The van der Waals surface area contributed by atoms with Crippen LogP contribution in [0.15, 0.2) is 61.9 Å². The molecule has 3 aromatic rings. The first-order valence-electron chi connectivity index (χ1n) is 12.1. The third-order valence-electron chi connectivity index (χ3n) is 6.46. The van der Waals surface area contributed by atoms with Gasteiger partial charge in [0.05, 0.1) is 28.5 Å². The second kappa shape index (κ2) is 9.70. The fourth-order valence-corrected chi connectivity index (χ4v) is 5.72. The van der Waals surface area contributed by atoms with Crippen molar-refractivity contribution in [2.75, 3.05) is 24.6 Å². The predicted octanol–water partition coefficient (Wildman–Crippen LogP) is 3.69. The molecule has 0 amide bonds. The van der Waals surface area contributed by atoms with Crippen molar-refractivity contribution in [3.8, 4) is 0 Å². The number of fused-ring (bicyclic) bond motifs is 1. The summed E-state index contributed by atoms with van der Waals surface area (Å²) in [5, 5.41) is 0. The van der Waals surface area contributed by atoms with Crippen molar-refractivity contribution >= 4 is 29.3 Å². The number of carbonyl (C=O) groups is 1. The van der Waals surface area contributed by atoms with Crippen molar-refractivity contribution in [2.24, 2.45) is 4.99 Å². The number of rotatable bonds is 5. The van der Waals surface area contributed by atoms with Gasteiger partial charge in [0.1, 0.15) is 5.76 Å². The predicted molar refractivity (Wildman–Crippen MR) is 136 cm³/mol. The van der Waals surface area contributed by atoms with Gasteiger partial charge in [-0.3, -0.25) is 9.36 Å². The number of benzene rings is 1. The van der Waals surface area contributed by atoms with Crippen LogP contribution < -0.4 is 19.8 Å². The standard InChI is InChI=1S/C27H29N3O4S/c1-4-33-26(32)23-18(3)28-27-30(24(23)19-10-8-17(2)9-11-19)25(31)21(35-27)16-20-12-13-22(34-20)29-14-6-5-7-15-29/h8-13,16,24H,4-7,14-15H2,1-3H3/b21-16+/t24-/m0/s1. The number of hydrogen-bond acceptors (Lipinski definition) is 7. The largest absolute Gasteiger partial charge is 0.463 e. The fourth-order valence-electron chi connectivity index (χ4n) is 4.69. The lowest BCUT2D eigenvalue weighted by molar-refractivity contribution is -0.139. The van der Waals surface area contributed by atoms with Crippen molar-refractivity contribution in [2.45, 2.75) is 46.1 Å². The van der Waals surface area contributed by atoms with Crippen LogP contribution in [0.5, 0.6) is 0 Å². The van der Waals surface area contributed by atoms with E-state index in [0.717, 1.165) is 42.9 Å². The van der Waals surface area contributed by atoms with Crippen LogP contribution in [0.3, 0.4) is 0 Å². The number of allylic oxidation sites excluding steroid dienone is 1. The monoisotopic (exact) mass is 491 g/mol. The van der Waals surface area contributed by atoms with E-state index in [-0.39, 0.29) is 12.2 Å². The molecule has 0 aliphatic carbocycles. The molecule has 1 saturated heterocycles. The number of esters is 1. The Morgan fingerprint density at radius 3 is 2.60 bits per heavy atom. The van der Waals surface area contributed by atoms with Gasteiger partial charge in [-0.05, 0) is 51.7 Å². The molecule has 0 unspecified atom stereocenters. The van der Waals surface area contributed by atoms with E-state index in [4.69, 9.17) is 9.15 Å². The van der Waals surface area contributed by atoms with Crippen LogP contribution in [0.1, 0.15) is 56.0 Å². The normalized spacial score (nSPS) is 18.4. The summed E-state index contributed by atoms with van der Waals surface area (Å²) < 4.78 is 13.5. The zero-order valence-electron chi connectivity index (χ0n) is 20.2. The maximum absolute atomic E-state index is 13.7. The van der Waals surface area contributed by atoms with Gasteiger partial charge in [-0.15, -0.1) is 0 Å². The molecule has 0 radical (unpaired) electrons. The number of anilines is 1. The third-order valence-corrected chi connectivity index (χ3v) is 7.45. The summed E-state index contributed by atoms with van der Waals surface area (Å²) in [7, 11) is 0. The van der Waals surface area contributed by atoms with E-state index in [1.807, 2.05) is 43.3 Å². The number of nitrogens with zero attached hydrogens (tertiary/aromatic N) is 3. The van der Waals surface area contributed by atoms with Gasteiger partial charge >= 0.3 is 5.97 Å². The van der Waals surface area contributed by atoms with Crippen LogP contribution in [0, 0.1) is 6.92 Å². The average Bonchev–Trinajstić information content (AvgIpc) is 3.44. The Labute approximate surface area is 207 Å². The molecular formula is C27H29N3O4S. The Morgan fingerprint density at radius 2 is 1.89 bits per heavy atom. The van der Waals surface area contributed by atoms with Crippen LogP contribution >= 0.6 is 11.3 Å². The Bertz CT molecular complexity index is 1450. The van der Waals surface area contributed by atoms with E-state index in [2.05, 4.69) is 9.89 Å². The van der Waals surface area contributed by atoms with Gasteiger partial charge in [0, 0.05) is 25.2 Å². The number of ether oxygens (including phenoxy) is 1. The molecule has 182 valence electrons. The Morgan fingerprint density at radius 1 is 1.14 bits per heavy atom. The van der Waals surface area contributed by atoms with Gasteiger partial charge in [0.25, 0.3) is 5.56 Å². The minimum atomic E-state index is -0.603. The van der Waals surface area contributed by atoms with Gasteiger partial charge in [0.2, 0.25) is 0 Å². The summed E-state index contributed by atoms with van der Waals surface area (Å²) in [5.74, 6) is 1.01. The van der Waals surface area contributed by atoms with E-state index in [0.29, 0.717) is 26.4 Å². The summed E-state index contributed by atoms with van der Waals surface area (Å²) in [6.45, 7) is 7.79. The van der Waals surface area contributed by atoms with E-state index in [1.54, 1.807) is 24.5 Å². The van der Waals surface area contributed by atoms with Crippen LogP contribution in [0.4, 0.5) is 5.88 Å². The lowest BCUT2D eigenvalue weighted by Crippen LogP contribution is -2.39. The van der Waals surface area contributed by atoms with Gasteiger partial charge in [-0.1, -0.05) is 41.2 Å². The molecule has 7 nitrogen and oxygen atoms in total. The molecule has 5 rings (SSSR count). The number of carbonyl (C=O) groups excluding carboxylic acids is 1. The zero-order chi connectivity index (χ0) is 24.5. The zero-order valence-corrected chi connectivity index (χ0v) is 21.1. The molecule has 0 bridgehead atoms. The summed E-state index contributed by atoms with van der Waals surface area (Å²) in [4.78, 5) is 34.0. The molecule has 2 aromatic heterocycles. The SMILES string of the molecule is CCOC(=O)C1=C(C)N=c2s/c(=C/c3ccc(N4CCCCC4)o3)c(=O)n2[C@H]1c1ccc(C)cc1. The molecule has 1 atom stereocenters. The van der Waals surface area contributed by atoms with Crippen molar-refractivity contribution in [1.29, 1.82) is 0 Å². The van der Waals surface area contributed by atoms with Crippen molar-refractivity contribution < 1.29 is 13.9 Å². The fraction of sp³-hybridized carbons (Fsp3) is 0.370. The molecule has 0 N–H and O–H groups in total.